The van der Waals surface area contributed by atoms with E-state index in [4.69, 9.17) is 0 Å². The lowest BCUT2D eigenvalue weighted by Crippen LogP contribution is -2.34. The predicted molar refractivity (Wildman–Crippen MR) is 81.7 cm³/mol. The summed E-state index contributed by atoms with van der Waals surface area (Å²) in [7, 11) is 0. The molecule has 112 valence electrons. The third kappa shape index (κ3) is 5.10. The highest BCUT2D eigenvalue weighted by molar-refractivity contribution is 5.90. The van der Waals surface area contributed by atoms with Crippen LogP contribution in [0.25, 0.3) is 0 Å². The summed E-state index contributed by atoms with van der Waals surface area (Å²) >= 11 is 0. The molecule has 0 bridgehead atoms. The summed E-state index contributed by atoms with van der Waals surface area (Å²) in [6, 6.07) is 5.87. The summed E-state index contributed by atoms with van der Waals surface area (Å²) < 4.78 is 12.8. The quantitative estimate of drug-likeness (QED) is 0.896. The van der Waals surface area contributed by atoms with Crippen LogP contribution in [0.5, 0.6) is 0 Å². The number of amides is 1. The van der Waals surface area contributed by atoms with Crippen LogP contribution in [0.1, 0.15) is 26.2 Å². The molecule has 1 heterocycles. The third-order valence-electron chi connectivity index (χ3n) is 3.78. The average Bonchev–Trinajstić information content (AvgIpc) is 2.42. The normalized spacial score (nSPS) is 19.8. The molecule has 2 atom stereocenters. The van der Waals surface area contributed by atoms with E-state index in [0.717, 1.165) is 13.1 Å². The number of anilines is 1. The van der Waals surface area contributed by atoms with Crippen LogP contribution in [0.15, 0.2) is 24.3 Å². The summed E-state index contributed by atoms with van der Waals surface area (Å²) in [5.74, 6) is 0.658. The van der Waals surface area contributed by atoms with Gasteiger partial charge in [0, 0.05) is 12.1 Å². The van der Waals surface area contributed by atoms with Gasteiger partial charge in [-0.1, -0.05) is 6.92 Å². The number of hydrogen-bond acceptors (Lipinski definition) is 2. The SMILES string of the molecule is CC(CC(=O)Nc1ccc(F)cc1)C1CCCNC1.Cl. The molecular weight excluding hydrogens is 279 g/mol. The minimum atomic E-state index is -0.292. The Hall–Kier alpha value is -1.13. The molecule has 1 amide bonds. The van der Waals surface area contributed by atoms with E-state index in [0.29, 0.717) is 23.9 Å². The van der Waals surface area contributed by atoms with Gasteiger partial charge in [-0.15, -0.1) is 12.4 Å². The van der Waals surface area contributed by atoms with E-state index < -0.39 is 0 Å². The van der Waals surface area contributed by atoms with E-state index in [1.807, 2.05) is 0 Å². The molecule has 0 aliphatic carbocycles. The fraction of sp³-hybridized carbons (Fsp3) is 0.533. The van der Waals surface area contributed by atoms with E-state index in [1.165, 1.54) is 25.0 Å². The second-order valence-corrected chi connectivity index (χ2v) is 5.34. The number of nitrogens with one attached hydrogen (secondary N) is 2. The van der Waals surface area contributed by atoms with Gasteiger partial charge in [0.05, 0.1) is 0 Å². The van der Waals surface area contributed by atoms with E-state index >= 15 is 0 Å². The van der Waals surface area contributed by atoms with Crippen LogP contribution in [0, 0.1) is 17.7 Å². The first-order valence-electron chi connectivity index (χ1n) is 6.91. The molecule has 0 spiro atoms. The Morgan fingerprint density at radius 1 is 1.45 bits per heavy atom. The van der Waals surface area contributed by atoms with E-state index in [9.17, 15) is 9.18 Å². The summed E-state index contributed by atoms with van der Waals surface area (Å²) in [6.45, 7) is 4.22. The number of halogens is 2. The Kier molecular flexibility index (Phi) is 6.96. The number of carbonyl (C=O) groups is 1. The first kappa shape index (κ1) is 16.9. The molecule has 1 aromatic rings. The van der Waals surface area contributed by atoms with Crippen molar-refractivity contribution >= 4 is 24.0 Å². The highest BCUT2D eigenvalue weighted by atomic mass is 35.5. The number of hydrogen-bond donors (Lipinski definition) is 2. The standard InChI is InChI=1S/C15H21FN2O.ClH/c1-11(12-3-2-8-17-10-12)9-15(19)18-14-6-4-13(16)5-7-14;/h4-7,11-12,17H,2-3,8-10H2,1H3,(H,18,19);1H. The van der Waals surface area contributed by atoms with E-state index in [1.54, 1.807) is 12.1 Å². The third-order valence-corrected chi connectivity index (χ3v) is 3.78. The fourth-order valence-electron chi connectivity index (χ4n) is 2.57. The van der Waals surface area contributed by atoms with Crippen molar-refractivity contribution < 1.29 is 9.18 Å². The molecule has 5 heteroatoms. The van der Waals surface area contributed by atoms with Gasteiger partial charge in [0.15, 0.2) is 0 Å². The topological polar surface area (TPSA) is 41.1 Å². The van der Waals surface area contributed by atoms with Crippen molar-refractivity contribution in [2.45, 2.75) is 26.2 Å². The molecule has 20 heavy (non-hydrogen) atoms. The van der Waals surface area contributed by atoms with Gasteiger partial charge in [0.2, 0.25) is 5.91 Å². The van der Waals surface area contributed by atoms with Crippen LogP contribution >= 0.6 is 12.4 Å². The van der Waals surface area contributed by atoms with Crippen molar-refractivity contribution in [2.75, 3.05) is 18.4 Å². The Morgan fingerprint density at radius 2 is 2.15 bits per heavy atom. The van der Waals surface area contributed by atoms with Gasteiger partial charge in [-0.25, -0.2) is 4.39 Å². The molecule has 2 N–H and O–H groups in total. The lowest BCUT2D eigenvalue weighted by atomic mass is 9.85. The van der Waals surface area contributed by atoms with Gasteiger partial charge in [0.1, 0.15) is 5.82 Å². The summed E-state index contributed by atoms with van der Waals surface area (Å²) in [6.07, 6.45) is 2.90. The molecule has 1 aliphatic heterocycles. The fourth-order valence-corrected chi connectivity index (χ4v) is 2.57. The molecule has 0 aromatic heterocycles. The van der Waals surface area contributed by atoms with Gasteiger partial charge in [-0.2, -0.15) is 0 Å². The zero-order chi connectivity index (χ0) is 13.7. The minimum absolute atomic E-state index is 0. The zero-order valence-corrected chi connectivity index (χ0v) is 12.5. The van der Waals surface area contributed by atoms with E-state index in [2.05, 4.69) is 17.6 Å². The van der Waals surface area contributed by atoms with Crippen LogP contribution in [0.3, 0.4) is 0 Å². The van der Waals surface area contributed by atoms with Crippen molar-refractivity contribution in [3.05, 3.63) is 30.1 Å². The maximum atomic E-state index is 12.8. The van der Waals surface area contributed by atoms with Crippen LogP contribution < -0.4 is 10.6 Å². The summed E-state index contributed by atoms with van der Waals surface area (Å²) in [4.78, 5) is 11.9. The molecule has 0 radical (unpaired) electrons. The molecule has 0 saturated carbocycles. The molecule has 2 unspecified atom stereocenters. The van der Waals surface area contributed by atoms with Gasteiger partial charge < -0.3 is 10.6 Å². The lowest BCUT2D eigenvalue weighted by Gasteiger charge is -2.28. The highest BCUT2D eigenvalue weighted by Crippen LogP contribution is 2.23. The lowest BCUT2D eigenvalue weighted by molar-refractivity contribution is -0.117. The Balaban J connectivity index is 0.00000200. The second-order valence-electron chi connectivity index (χ2n) is 5.34. The van der Waals surface area contributed by atoms with Crippen LogP contribution in [0.2, 0.25) is 0 Å². The molecule has 1 fully saturated rings. The Bertz CT molecular complexity index is 418. The number of piperidine rings is 1. The van der Waals surface area contributed by atoms with Crippen molar-refractivity contribution in [1.29, 1.82) is 0 Å². The molecular formula is C15H22ClFN2O. The number of rotatable bonds is 4. The van der Waals surface area contributed by atoms with Gasteiger partial charge in [0.25, 0.3) is 0 Å². The Labute approximate surface area is 125 Å². The maximum Gasteiger partial charge on any atom is 0.224 e. The largest absolute Gasteiger partial charge is 0.326 e. The maximum absolute atomic E-state index is 12.8. The van der Waals surface area contributed by atoms with Crippen molar-refractivity contribution in [1.82, 2.24) is 5.32 Å². The van der Waals surface area contributed by atoms with Gasteiger partial charge in [-0.05, 0) is 62.0 Å². The highest BCUT2D eigenvalue weighted by Gasteiger charge is 2.21. The van der Waals surface area contributed by atoms with Crippen molar-refractivity contribution in [3.8, 4) is 0 Å². The molecule has 2 rings (SSSR count). The predicted octanol–water partition coefficient (Wildman–Crippen LogP) is 3.21. The van der Waals surface area contributed by atoms with Crippen molar-refractivity contribution in [3.63, 3.8) is 0 Å². The first-order chi connectivity index (χ1) is 9.15. The average molecular weight is 301 g/mol. The van der Waals surface area contributed by atoms with Crippen molar-refractivity contribution in [2.24, 2.45) is 11.8 Å². The second kappa shape index (κ2) is 8.22. The summed E-state index contributed by atoms with van der Waals surface area (Å²) in [5, 5.41) is 6.18. The summed E-state index contributed by atoms with van der Waals surface area (Å²) in [5.41, 5.74) is 0.653. The Morgan fingerprint density at radius 3 is 2.75 bits per heavy atom. The molecule has 1 saturated heterocycles. The van der Waals surface area contributed by atoms with Crippen LogP contribution in [-0.2, 0) is 4.79 Å². The minimum Gasteiger partial charge on any atom is -0.326 e. The smallest absolute Gasteiger partial charge is 0.224 e. The first-order valence-corrected chi connectivity index (χ1v) is 6.91. The van der Waals surface area contributed by atoms with Gasteiger partial charge >= 0.3 is 0 Å². The van der Waals surface area contributed by atoms with Crippen LogP contribution in [-0.4, -0.2) is 19.0 Å². The van der Waals surface area contributed by atoms with Crippen LogP contribution in [0.4, 0.5) is 10.1 Å². The zero-order valence-electron chi connectivity index (χ0n) is 11.7. The molecule has 1 aromatic carbocycles. The monoisotopic (exact) mass is 300 g/mol. The number of benzene rings is 1. The number of carbonyl (C=O) groups excluding carboxylic acids is 1. The van der Waals surface area contributed by atoms with E-state index in [-0.39, 0.29) is 24.1 Å². The molecule has 1 aliphatic rings. The molecule has 3 nitrogen and oxygen atoms in total. The van der Waals surface area contributed by atoms with Gasteiger partial charge in [-0.3, -0.25) is 4.79 Å².